The van der Waals surface area contributed by atoms with Gasteiger partial charge in [-0.05, 0) is 12.8 Å². The van der Waals surface area contributed by atoms with Crippen molar-refractivity contribution >= 4 is 23.1 Å². The normalized spacial score (nSPS) is 11.2. The summed E-state index contributed by atoms with van der Waals surface area (Å²) < 4.78 is 4.57. The molecule has 0 saturated carbocycles. The average molecular weight is 256 g/mol. The second kappa shape index (κ2) is 5.72. The van der Waals surface area contributed by atoms with Crippen LogP contribution in [0.1, 0.15) is 32.5 Å². The van der Waals surface area contributed by atoms with E-state index in [-0.39, 0.29) is 17.4 Å². The van der Waals surface area contributed by atoms with Crippen molar-refractivity contribution in [2.75, 3.05) is 0 Å². The number of aromatic nitrogens is 2. The van der Waals surface area contributed by atoms with Crippen LogP contribution in [0.3, 0.4) is 0 Å². The molecule has 0 saturated heterocycles. The fourth-order valence-electron chi connectivity index (χ4n) is 1.63. The highest BCUT2D eigenvalue weighted by Gasteiger charge is 2.37. The van der Waals surface area contributed by atoms with Gasteiger partial charge in [-0.15, -0.1) is 0 Å². The topological polar surface area (TPSA) is 94.0 Å². The molecule has 1 aromatic heterocycles. The van der Waals surface area contributed by atoms with E-state index in [1.165, 1.54) is 6.39 Å². The number of hydrogen-bond donors (Lipinski definition) is 2. The molecule has 0 aliphatic heterocycles. The van der Waals surface area contributed by atoms with Crippen molar-refractivity contribution in [3.63, 3.8) is 0 Å². The third-order valence-electron chi connectivity index (χ3n) is 2.93. The molecule has 6 nitrogen and oxygen atoms in total. The van der Waals surface area contributed by atoms with Crippen LogP contribution in [-0.4, -0.2) is 21.0 Å². The summed E-state index contributed by atoms with van der Waals surface area (Å²) in [5.41, 5.74) is 4.87. The number of nitrogens with two attached hydrogens (primary N) is 1. The summed E-state index contributed by atoms with van der Waals surface area (Å²) in [5, 5.41) is 6.32. The fourth-order valence-corrected chi connectivity index (χ4v) is 2.01. The molecule has 0 unspecified atom stereocenters. The van der Waals surface area contributed by atoms with Crippen LogP contribution in [0.15, 0.2) is 10.9 Å². The minimum atomic E-state index is -0.793. The van der Waals surface area contributed by atoms with Gasteiger partial charge in [0.05, 0.1) is 16.9 Å². The zero-order valence-electron chi connectivity index (χ0n) is 9.90. The van der Waals surface area contributed by atoms with Crippen LogP contribution in [0, 0.1) is 5.41 Å². The van der Waals surface area contributed by atoms with E-state index < -0.39 is 5.41 Å². The maximum atomic E-state index is 12.1. The van der Waals surface area contributed by atoms with Crippen molar-refractivity contribution in [3.05, 3.63) is 12.2 Å². The molecule has 0 atom stereocenters. The Bertz CT molecular complexity index is 387. The third-order valence-corrected chi connectivity index (χ3v) is 3.32. The molecule has 1 rings (SSSR count). The number of carbonyl (C=O) groups is 1. The minimum Gasteiger partial charge on any atom is -0.392 e. The van der Waals surface area contributed by atoms with E-state index in [2.05, 4.69) is 20.0 Å². The monoisotopic (exact) mass is 256 g/mol. The summed E-state index contributed by atoms with van der Waals surface area (Å²) in [6, 6.07) is 0. The highest BCUT2D eigenvalue weighted by atomic mass is 32.1. The van der Waals surface area contributed by atoms with Gasteiger partial charge in [0, 0.05) is 0 Å². The Balaban J connectivity index is 2.69. The van der Waals surface area contributed by atoms with E-state index in [1.807, 2.05) is 13.8 Å². The Kier molecular flexibility index (Phi) is 4.56. The lowest BCUT2D eigenvalue weighted by atomic mass is 9.81. The van der Waals surface area contributed by atoms with Gasteiger partial charge < -0.3 is 15.6 Å². The van der Waals surface area contributed by atoms with Crippen LogP contribution in [0.2, 0.25) is 0 Å². The SMILES string of the molecule is CCC(CC)(C(=O)NCc1ncon1)C(N)=S. The summed E-state index contributed by atoms with van der Waals surface area (Å²) in [6.45, 7) is 3.98. The first-order valence-corrected chi connectivity index (χ1v) is 5.81. The molecule has 0 bridgehead atoms. The van der Waals surface area contributed by atoms with Gasteiger partial charge >= 0.3 is 0 Å². The van der Waals surface area contributed by atoms with Crippen molar-refractivity contribution in [1.29, 1.82) is 0 Å². The summed E-state index contributed by atoms with van der Waals surface area (Å²) >= 11 is 4.99. The van der Waals surface area contributed by atoms with Crippen molar-refractivity contribution in [2.24, 2.45) is 11.1 Å². The molecule has 17 heavy (non-hydrogen) atoms. The van der Waals surface area contributed by atoms with E-state index in [9.17, 15) is 4.79 Å². The Morgan fingerprint density at radius 2 is 2.24 bits per heavy atom. The van der Waals surface area contributed by atoms with E-state index in [0.29, 0.717) is 18.7 Å². The molecule has 94 valence electrons. The number of nitrogens with one attached hydrogen (secondary N) is 1. The van der Waals surface area contributed by atoms with Gasteiger partial charge in [0.15, 0.2) is 5.82 Å². The molecular weight excluding hydrogens is 240 g/mol. The Labute approximate surface area is 105 Å². The van der Waals surface area contributed by atoms with Gasteiger partial charge in [0.2, 0.25) is 12.3 Å². The summed E-state index contributed by atoms with van der Waals surface area (Å²) in [6.07, 6.45) is 2.34. The number of thiocarbonyl (C=S) groups is 1. The summed E-state index contributed by atoms with van der Waals surface area (Å²) in [4.78, 5) is 16.1. The molecule has 0 aromatic carbocycles. The summed E-state index contributed by atoms with van der Waals surface area (Å²) in [5.74, 6) is 0.224. The van der Waals surface area contributed by atoms with E-state index in [4.69, 9.17) is 18.0 Å². The standard InChI is InChI=1S/C10H16N4O2S/c1-3-10(4-2,8(11)17)9(15)12-5-7-13-6-16-14-7/h6H,3-5H2,1-2H3,(H2,11,17)(H,12,15). The molecule has 0 fully saturated rings. The van der Waals surface area contributed by atoms with Crippen molar-refractivity contribution in [3.8, 4) is 0 Å². The second-order valence-electron chi connectivity index (χ2n) is 3.68. The lowest BCUT2D eigenvalue weighted by Gasteiger charge is -2.28. The number of amides is 1. The third kappa shape index (κ3) is 2.79. The van der Waals surface area contributed by atoms with Crippen LogP contribution in [-0.2, 0) is 11.3 Å². The first-order chi connectivity index (χ1) is 8.06. The molecule has 0 aliphatic rings. The molecule has 3 N–H and O–H groups in total. The van der Waals surface area contributed by atoms with E-state index >= 15 is 0 Å². The van der Waals surface area contributed by atoms with E-state index in [0.717, 1.165) is 0 Å². The average Bonchev–Trinajstić information content (AvgIpc) is 2.81. The van der Waals surface area contributed by atoms with E-state index in [1.54, 1.807) is 0 Å². The van der Waals surface area contributed by atoms with Crippen molar-refractivity contribution in [1.82, 2.24) is 15.5 Å². The molecule has 0 radical (unpaired) electrons. The van der Waals surface area contributed by atoms with Gasteiger partial charge in [0.25, 0.3) is 0 Å². The first-order valence-electron chi connectivity index (χ1n) is 5.40. The number of nitrogens with zero attached hydrogens (tertiary/aromatic N) is 2. The van der Waals surface area contributed by atoms with Crippen LogP contribution >= 0.6 is 12.2 Å². The van der Waals surface area contributed by atoms with Gasteiger partial charge in [-0.3, -0.25) is 4.79 Å². The lowest BCUT2D eigenvalue weighted by molar-refractivity contribution is -0.128. The van der Waals surface area contributed by atoms with Crippen molar-refractivity contribution in [2.45, 2.75) is 33.2 Å². The second-order valence-corrected chi connectivity index (χ2v) is 4.12. The van der Waals surface area contributed by atoms with Gasteiger partial charge in [0.1, 0.15) is 0 Å². The summed E-state index contributed by atoms with van der Waals surface area (Å²) in [7, 11) is 0. The van der Waals surface area contributed by atoms with Gasteiger partial charge in [-0.25, -0.2) is 0 Å². The molecular formula is C10H16N4O2S. The van der Waals surface area contributed by atoms with Gasteiger partial charge in [-0.2, -0.15) is 4.98 Å². The zero-order chi connectivity index (χ0) is 12.9. The fraction of sp³-hybridized carbons (Fsp3) is 0.600. The zero-order valence-corrected chi connectivity index (χ0v) is 10.7. The lowest BCUT2D eigenvalue weighted by Crippen LogP contribution is -2.48. The van der Waals surface area contributed by atoms with Crippen LogP contribution in [0.5, 0.6) is 0 Å². The smallest absolute Gasteiger partial charge is 0.233 e. The number of hydrogen-bond acceptors (Lipinski definition) is 5. The molecule has 7 heteroatoms. The predicted octanol–water partition coefficient (Wildman–Crippen LogP) is 0.778. The minimum absolute atomic E-state index is 0.195. The molecule has 1 heterocycles. The largest absolute Gasteiger partial charge is 0.392 e. The van der Waals surface area contributed by atoms with Crippen molar-refractivity contribution < 1.29 is 9.32 Å². The Morgan fingerprint density at radius 3 is 2.65 bits per heavy atom. The highest BCUT2D eigenvalue weighted by Crippen LogP contribution is 2.27. The molecule has 1 aromatic rings. The quantitative estimate of drug-likeness (QED) is 0.730. The maximum Gasteiger partial charge on any atom is 0.233 e. The van der Waals surface area contributed by atoms with Gasteiger partial charge in [-0.1, -0.05) is 31.2 Å². The first kappa shape index (κ1) is 13.6. The number of carbonyl (C=O) groups excluding carboxylic acids is 1. The Morgan fingerprint density at radius 1 is 1.59 bits per heavy atom. The number of rotatable bonds is 6. The Hall–Kier alpha value is -1.50. The van der Waals surface area contributed by atoms with Crippen LogP contribution in [0.4, 0.5) is 0 Å². The maximum absolute atomic E-state index is 12.1. The molecule has 0 aliphatic carbocycles. The van der Waals surface area contributed by atoms with Crippen LogP contribution in [0.25, 0.3) is 0 Å². The van der Waals surface area contributed by atoms with Crippen LogP contribution < -0.4 is 11.1 Å². The molecule has 0 spiro atoms. The highest BCUT2D eigenvalue weighted by molar-refractivity contribution is 7.80. The molecule has 1 amide bonds. The predicted molar refractivity (Wildman–Crippen MR) is 65.9 cm³/mol.